The van der Waals surface area contributed by atoms with Crippen LogP contribution in [0.5, 0.6) is 0 Å². The van der Waals surface area contributed by atoms with Crippen LogP contribution in [0.25, 0.3) is 11.0 Å². The van der Waals surface area contributed by atoms with E-state index in [9.17, 15) is 8.42 Å². The summed E-state index contributed by atoms with van der Waals surface area (Å²) in [6.07, 6.45) is 5.40. The lowest BCUT2D eigenvalue weighted by molar-refractivity contribution is 0.384. The second-order valence-electron chi connectivity index (χ2n) is 7.54. The summed E-state index contributed by atoms with van der Waals surface area (Å²) in [5.74, 6) is 1.62. The minimum Gasteiger partial charge on any atom is -0.354 e. The predicted molar refractivity (Wildman–Crippen MR) is 116 cm³/mol. The van der Waals surface area contributed by atoms with E-state index in [1.807, 2.05) is 6.07 Å². The molecule has 9 nitrogen and oxygen atoms in total. The first kappa shape index (κ1) is 19.6. The highest BCUT2D eigenvalue weighted by molar-refractivity contribution is 7.89. The first-order chi connectivity index (χ1) is 14.6. The third kappa shape index (κ3) is 3.61. The fraction of sp³-hybridized carbons (Fsp3) is 0.474. The summed E-state index contributed by atoms with van der Waals surface area (Å²) in [6.45, 7) is 3.96. The van der Waals surface area contributed by atoms with Crippen LogP contribution in [0, 0.1) is 0 Å². The third-order valence-electron chi connectivity index (χ3n) is 5.70. The van der Waals surface area contributed by atoms with Gasteiger partial charge in [0.15, 0.2) is 0 Å². The average molecular weight is 446 g/mol. The lowest BCUT2D eigenvalue weighted by Crippen LogP contribution is -2.49. The minimum absolute atomic E-state index is 0.233. The van der Waals surface area contributed by atoms with Crippen molar-refractivity contribution in [3.8, 4) is 0 Å². The van der Waals surface area contributed by atoms with Gasteiger partial charge in [-0.3, -0.25) is 0 Å². The molecule has 2 saturated heterocycles. The fourth-order valence-corrected chi connectivity index (χ4v) is 6.22. The van der Waals surface area contributed by atoms with E-state index in [-0.39, 0.29) is 4.90 Å². The number of rotatable bonds is 4. The number of benzene rings is 1. The number of hydrogen-bond donors (Lipinski definition) is 0. The summed E-state index contributed by atoms with van der Waals surface area (Å²) in [4.78, 5) is 13.8. The molecule has 0 amide bonds. The van der Waals surface area contributed by atoms with Crippen LogP contribution in [0.2, 0.25) is 0 Å². The number of nitrogens with zero attached hydrogens (tertiary/aromatic N) is 7. The van der Waals surface area contributed by atoms with Crippen molar-refractivity contribution in [3.05, 3.63) is 30.5 Å². The van der Waals surface area contributed by atoms with Gasteiger partial charge in [-0.1, -0.05) is 6.07 Å². The van der Waals surface area contributed by atoms with Crippen molar-refractivity contribution in [3.63, 3.8) is 0 Å². The maximum absolute atomic E-state index is 13.2. The molecular weight excluding hydrogens is 422 g/mol. The molecule has 4 heterocycles. The number of hydrogen-bond acceptors (Lipinski definition) is 9. The van der Waals surface area contributed by atoms with Crippen molar-refractivity contribution < 1.29 is 8.42 Å². The van der Waals surface area contributed by atoms with Crippen LogP contribution < -0.4 is 9.80 Å². The zero-order valence-electron chi connectivity index (χ0n) is 16.5. The van der Waals surface area contributed by atoms with Gasteiger partial charge < -0.3 is 9.80 Å². The lowest BCUT2D eigenvalue weighted by Gasteiger charge is -2.35. The van der Waals surface area contributed by atoms with E-state index < -0.39 is 10.0 Å². The molecule has 0 saturated carbocycles. The molecule has 0 N–H and O–H groups in total. The molecule has 0 aliphatic carbocycles. The van der Waals surface area contributed by atoms with Gasteiger partial charge >= 0.3 is 0 Å². The maximum Gasteiger partial charge on any atom is 0.245 e. The highest BCUT2D eigenvalue weighted by Crippen LogP contribution is 2.26. The normalized spacial score (nSPS) is 18.8. The summed E-state index contributed by atoms with van der Waals surface area (Å²) in [5, 5.41) is 0. The second-order valence-corrected chi connectivity index (χ2v) is 9.98. The van der Waals surface area contributed by atoms with E-state index in [2.05, 4.69) is 23.5 Å². The van der Waals surface area contributed by atoms with Crippen LogP contribution in [0.4, 0.5) is 11.8 Å². The molecule has 158 valence electrons. The Morgan fingerprint density at radius 3 is 2.47 bits per heavy atom. The number of piperidine rings is 1. The number of sulfonamides is 1. The summed E-state index contributed by atoms with van der Waals surface area (Å²) in [7, 11) is -3.62. The molecular formula is C19H23N7O2S2. The molecule has 3 aromatic rings. The summed E-state index contributed by atoms with van der Waals surface area (Å²) in [6, 6.07) is 7.01. The number of piperazine rings is 1. The Balaban J connectivity index is 1.31. The SMILES string of the molecule is O=S(=O)(c1cccc2nsnc12)N1CCN(c2ccnc(N3CCCCC3)n2)CC1. The largest absolute Gasteiger partial charge is 0.354 e. The average Bonchev–Trinajstić information content (AvgIpc) is 3.29. The van der Waals surface area contributed by atoms with Crippen LogP contribution in [0.1, 0.15) is 19.3 Å². The minimum atomic E-state index is -3.62. The van der Waals surface area contributed by atoms with Crippen molar-refractivity contribution in [2.24, 2.45) is 0 Å². The fourth-order valence-electron chi connectivity index (χ4n) is 4.05. The molecule has 11 heteroatoms. The number of fused-ring (bicyclic) bond motifs is 1. The highest BCUT2D eigenvalue weighted by atomic mass is 32.2. The molecule has 30 heavy (non-hydrogen) atoms. The van der Waals surface area contributed by atoms with E-state index in [0.29, 0.717) is 37.2 Å². The van der Waals surface area contributed by atoms with E-state index in [4.69, 9.17) is 4.98 Å². The Kier molecular flexibility index (Phi) is 5.25. The Hall–Kier alpha value is -2.37. The van der Waals surface area contributed by atoms with E-state index >= 15 is 0 Å². The molecule has 1 aromatic carbocycles. The number of aromatic nitrogens is 4. The van der Waals surface area contributed by atoms with Crippen molar-refractivity contribution in [2.75, 3.05) is 49.1 Å². The molecule has 0 unspecified atom stereocenters. The standard InChI is InChI=1S/C19H23N7O2S2/c27-30(28,16-6-4-5-15-18(16)23-29-22-15)26-13-11-24(12-14-26)17-7-8-20-19(21-17)25-9-2-1-3-10-25/h4-8H,1-3,9-14H2. The topological polar surface area (TPSA) is 95.4 Å². The molecule has 5 rings (SSSR count). The van der Waals surface area contributed by atoms with Gasteiger partial charge in [-0.2, -0.15) is 18.0 Å². The van der Waals surface area contributed by atoms with Crippen LogP contribution in [0.15, 0.2) is 35.4 Å². The third-order valence-corrected chi connectivity index (χ3v) is 8.17. The second kappa shape index (κ2) is 8.05. The first-order valence-corrected chi connectivity index (χ1v) is 12.3. The molecule has 0 radical (unpaired) electrons. The molecule has 0 atom stereocenters. The molecule has 0 spiro atoms. The van der Waals surface area contributed by atoms with E-state index in [1.54, 1.807) is 24.4 Å². The maximum atomic E-state index is 13.2. The monoisotopic (exact) mass is 445 g/mol. The van der Waals surface area contributed by atoms with Gasteiger partial charge in [0.05, 0.1) is 11.7 Å². The van der Waals surface area contributed by atoms with Gasteiger partial charge in [0.2, 0.25) is 16.0 Å². The summed E-state index contributed by atoms with van der Waals surface area (Å²) in [5.41, 5.74) is 1.07. The van der Waals surface area contributed by atoms with Gasteiger partial charge in [0, 0.05) is 45.5 Å². The zero-order valence-corrected chi connectivity index (χ0v) is 18.1. The lowest BCUT2D eigenvalue weighted by atomic mass is 10.1. The molecule has 0 bridgehead atoms. The zero-order chi connectivity index (χ0) is 20.6. The van der Waals surface area contributed by atoms with Crippen molar-refractivity contribution in [2.45, 2.75) is 24.2 Å². The van der Waals surface area contributed by atoms with Crippen molar-refractivity contribution in [1.29, 1.82) is 0 Å². The Labute approximate surface area is 179 Å². The van der Waals surface area contributed by atoms with Crippen LogP contribution in [-0.2, 0) is 10.0 Å². The van der Waals surface area contributed by atoms with E-state index in [0.717, 1.165) is 36.6 Å². The molecule has 2 fully saturated rings. The van der Waals surface area contributed by atoms with Crippen LogP contribution >= 0.6 is 11.7 Å². The molecule has 2 aromatic heterocycles. The quantitative estimate of drug-likeness (QED) is 0.602. The van der Waals surface area contributed by atoms with Crippen LogP contribution in [-0.4, -0.2) is 70.7 Å². The van der Waals surface area contributed by atoms with E-state index in [1.165, 1.54) is 23.6 Å². The Morgan fingerprint density at radius 2 is 1.67 bits per heavy atom. The van der Waals surface area contributed by atoms with Gasteiger partial charge in [-0.25, -0.2) is 13.4 Å². The predicted octanol–water partition coefficient (Wildman–Crippen LogP) is 1.98. The summed E-state index contributed by atoms with van der Waals surface area (Å²) < 4.78 is 36.3. The molecule has 2 aliphatic heterocycles. The Bertz CT molecular complexity index is 1140. The number of anilines is 2. The molecule has 2 aliphatic rings. The highest BCUT2D eigenvalue weighted by Gasteiger charge is 2.31. The summed E-state index contributed by atoms with van der Waals surface area (Å²) >= 11 is 1.03. The smallest absolute Gasteiger partial charge is 0.245 e. The van der Waals surface area contributed by atoms with Gasteiger partial charge in [-0.05, 0) is 37.5 Å². The van der Waals surface area contributed by atoms with Gasteiger partial charge in [-0.15, -0.1) is 0 Å². The van der Waals surface area contributed by atoms with Crippen LogP contribution in [0.3, 0.4) is 0 Å². The van der Waals surface area contributed by atoms with Gasteiger partial charge in [0.25, 0.3) is 0 Å². The Morgan fingerprint density at radius 1 is 0.867 bits per heavy atom. The first-order valence-electron chi connectivity index (χ1n) is 10.2. The van der Waals surface area contributed by atoms with Crippen molar-refractivity contribution >= 4 is 44.6 Å². The van der Waals surface area contributed by atoms with Crippen molar-refractivity contribution in [1.82, 2.24) is 23.0 Å². The van der Waals surface area contributed by atoms with Gasteiger partial charge in [0.1, 0.15) is 21.7 Å².